The molecule has 2 spiro atoms. The molecule has 356 valence electrons. The Balaban J connectivity index is 0.859. The van der Waals surface area contributed by atoms with E-state index in [2.05, 4.69) is 212 Å². The van der Waals surface area contributed by atoms with Crippen LogP contribution in [-0.4, -0.2) is 0 Å². The highest BCUT2D eigenvalue weighted by Gasteiger charge is 2.57. The Bertz CT molecular complexity index is 3770. The van der Waals surface area contributed by atoms with Gasteiger partial charge in [0.1, 0.15) is 11.2 Å². The van der Waals surface area contributed by atoms with Crippen molar-refractivity contribution in [2.45, 2.75) is 88.4 Å². The number of fused-ring (bicyclic) bond motifs is 16. The molecule has 1 aromatic heterocycles. The number of furan rings is 1. The number of rotatable bonds is 7. The third-order valence-corrected chi connectivity index (χ3v) is 19.0. The minimum Gasteiger partial charge on any atom is -0.456 e. The molecule has 2 bridgehead atoms. The maximum absolute atomic E-state index is 6.73. The van der Waals surface area contributed by atoms with E-state index in [0.717, 1.165) is 44.9 Å². The highest BCUT2D eigenvalue weighted by molar-refractivity contribution is 6.09. The maximum Gasteiger partial charge on any atom is 0.135 e. The van der Waals surface area contributed by atoms with Crippen LogP contribution >= 0.6 is 0 Å². The van der Waals surface area contributed by atoms with E-state index in [0.29, 0.717) is 11.8 Å². The van der Waals surface area contributed by atoms with Gasteiger partial charge in [-0.15, -0.1) is 0 Å². The van der Waals surface area contributed by atoms with Crippen LogP contribution in [0.1, 0.15) is 99.8 Å². The van der Waals surface area contributed by atoms with E-state index in [1.165, 1.54) is 137 Å². The lowest BCUT2D eigenvalue weighted by molar-refractivity contribution is 0.0557. The topological polar surface area (TPSA) is 16.4 Å². The van der Waals surface area contributed by atoms with Crippen molar-refractivity contribution in [2.75, 3.05) is 4.90 Å². The smallest absolute Gasteiger partial charge is 0.135 e. The summed E-state index contributed by atoms with van der Waals surface area (Å²) in [4.78, 5) is 2.44. The molecular formula is C71H61NO. The van der Waals surface area contributed by atoms with E-state index in [1.807, 2.05) is 0 Å². The summed E-state index contributed by atoms with van der Waals surface area (Å²) >= 11 is 0. The van der Waals surface area contributed by atoms with Gasteiger partial charge in [0.05, 0.1) is 0 Å². The second-order valence-electron chi connectivity index (χ2n) is 22.5. The van der Waals surface area contributed by atoms with Crippen molar-refractivity contribution in [1.82, 2.24) is 0 Å². The standard InChI is InChI=1S/C71H61NO/c1-2-52-40-46-16-13-20-53(41-46)71(52)65-26-10-8-23-59(65)69-57(24-15-27-66(69)71)51-31-36-67-61(44-51)62-45-56(34-37-68(62)73-67)72(54-32-28-48(29-33-54)47-17-5-3-6-18-47)55-21-14-19-49(42-55)50-30-35-64-60(43-50)58-22-7-9-25-63(58)70(64)38-11-4-12-39-70/h3,5-10,14-15,17-19,21-37,42-46,52-53H,2,4,11-13,16,20,38-41H2,1H3. The van der Waals surface area contributed by atoms with Gasteiger partial charge in [-0.25, -0.2) is 0 Å². The summed E-state index contributed by atoms with van der Waals surface area (Å²) < 4.78 is 6.73. The van der Waals surface area contributed by atoms with Crippen LogP contribution in [0.25, 0.3) is 77.6 Å². The van der Waals surface area contributed by atoms with Gasteiger partial charge in [-0.2, -0.15) is 0 Å². The highest BCUT2D eigenvalue weighted by Crippen LogP contribution is 2.66. The van der Waals surface area contributed by atoms with Crippen LogP contribution in [0.3, 0.4) is 0 Å². The van der Waals surface area contributed by atoms with Gasteiger partial charge in [-0.3, -0.25) is 0 Å². The normalized spacial score (nSPS) is 21.0. The van der Waals surface area contributed by atoms with Crippen molar-refractivity contribution in [3.63, 3.8) is 0 Å². The van der Waals surface area contributed by atoms with Crippen LogP contribution in [0.15, 0.2) is 205 Å². The average Bonchev–Trinajstić information content (AvgIpc) is 4.07. The molecule has 0 N–H and O–H groups in total. The van der Waals surface area contributed by atoms with Gasteiger partial charge >= 0.3 is 0 Å². The molecule has 10 aromatic rings. The summed E-state index contributed by atoms with van der Waals surface area (Å²) in [6.45, 7) is 2.46. The Morgan fingerprint density at radius 1 is 0.438 bits per heavy atom. The zero-order chi connectivity index (χ0) is 48.3. The second kappa shape index (κ2) is 16.8. The van der Waals surface area contributed by atoms with Crippen LogP contribution in [0.2, 0.25) is 0 Å². The van der Waals surface area contributed by atoms with Gasteiger partial charge in [0.15, 0.2) is 0 Å². The van der Waals surface area contributed by atoms with E-state index >= 15 is 0 Å². The molecule has 1 heterocycles. The minimum absolute atomic E-state index is 0.0821. The fraction of sp³-hybridized carbons (Fsp3) is 0.239. The van der Waals surface area contributed by atoms with Crippen LogP contribution < -0.4 is 4.90 Å². The molecule has 5 aliphatic carbocycles. The zero-order valence-electron chi connectivity index (χ0n) is 41.9. The number of nitrogens with zero attached hydrogens (tertiary/aromatic N) is 1. The summed E-state index contributed by atoms with van der Waals surface area (Å²) in [6.07, 6.45) is 14.5. The summed E-state index contributed by atoms with van der Waals surface area (Å²) in [6, 6.07) is 76.1. The molecule has 2 heteroatoms. The average molecular weight is 944 g/mol. The first-order valence-electron chi connectivity index (χ1n) is 27.6. The molecular weight excluding hydrogens is 883 g/mol. The molecule has 15 rings (SSSR count). The SMILES string of the molecule is CCC1CC2CCCC(C2)C12c1ccccc1-c1c(-c3ccc4oc5ccc(N(c6ccc(-c7ccccc7)cc6)c6cccc(-c7ccc8c(c7)-c7ccccc7C87CCCCC7)c6)cc5c4c3)cccc12. The lowest BCUT2D eigenvalue weighted by Gasteiger charge is -2.54. The molecule has 0 radical (unpaired) electrons. The van der Waals surface area contributed by atoms with Crippen molar-refractivity contribution in [3.05, 3.63) is 222 Å². The van der Waals surface area contributed by atoms with Crippen molar-refractivity contribution in [3.8, 4) is 55.6 Å². The first-order valence-corrected chi connectivity index (χ1v) is 27.6. The third-order valence-electron chi connectivity index (χ3n) is 19.0. The maximum atomic E-state index is 6.73. The Morgan fingerprint density at radius 3 is 1.92 bits per heavy atom. The first kappa shape index (κ1) is 43.2. The van der Waals surface area contributed by atoms with Gasteiger partial charge < -0.3 is 9.32 Å². The van der Waals surface area contributed by atoms with E-state index in [1.54, 1.807) is 11.1 Å². The lowest BCUT2D eigenvalue weighted by Crippen LogP contribution is -2.48. The molecule has 73 heavy (non-hydrogen) atoms. The number of hydrogen-bond acceptors (Lipinski definition) is 2. The Morgan fingerprint density at radius 2 is 1.07 bits per heavy atom. The summed E-state index contributed by atoms with van der Waals surface area (Å²) in [5.41, 5.74) is 24.8. The summed E-state index contributed by atoms with van der Waals surface area (Å²) in [7, 11) is 0. The van der Waals surface area contributed by atoms with E-state index in [-0.39, 0.29) is 10.8 Å². The first-order chi connectivity index (χ1) is 36.1. The van der Waals surface area contributed by atoms with Crippen LogP contribution in [0.5, 0.6) is 0 Å². The summed E-state index contributed by atoms with van der Waals surface area (Å²) in [5, 5.41) is 2.27. The van der Waals surface area contributed by atoms with E-state index in [9.17, 15) is 0 Å². The van der Waals surface area contributed by atoms with E-state index < -0.39 is 0 Å². The van der Waals surface area contributed by atoms with Crippen LogP contribution in [0.4, 0.5) is 17.1 Å². The predicted molar refractivity (Wildman–Crippen MR) is 304 cm³/mol. The summed E-state index contributed by atoms with van der Waals surface area (Å²) in [5.74, 6) is 2.23. The Kier molecular flexibility index (Phi) is 9.95. The molecule has 2 nitrogen and oxygen atoms in total. The van der Waals surface area contributed by atoms with Gasteiger partial charge in [0, 0.05) is 38.7 Å². The fourth-order valence-electron chi connectivity index (χ4n) is 16.0. The largest absolute Gasteiger partial charge is 0.456 e. The van der Waals surface area contributed by atoms with Gasteiger partial charge in [0.2, 0.25) is 0 Å². The van der Waals surface area contributed by atoms with Gasteiger partial charge in [-0.05, 0) is 188 Å². The van der Waals surface area contributed by atoms with Crippen molar-refractivity contribution < 1.29 is 4.42 Å². The molecule has 3 fully saturated rings. The molecule has 9 aromatic carbocycles. The molecule has 5 aliphatic rings. The fourth-order valence-corrected chi connectivity index (χ4v) is 16.0. The van der Waals surface area contributed by atoms with Crippen molar-refractivity contribution in [2.24, 2.45) is 17.8 Å². The molecule has 4 atom stereocenters. The molecule has 0 amide bonds. The Labute approximate surface area is 430 Å². The monoisotopic (exact) mass is 943 g/mol. The van der Waals surface area contributed by atoms with Gasteiger partial charge in [0.25, 0.3) is 0 Å². The van der Waals surface area contributed by atoms with Crippen LogP contribution in [0, 0.1) is 17.8 Å². The van der Waals surface area contributed by atoms with Crippen molar-refractivity contribution in [1.29, 1.82) is 0 Å². The lowest BCUT2D eigenvalue weighted by atomic mass is 9.50. The second-order valence-corrected chi connectivity index (χ2v) is 22.5. The number of hydrogen-bond donors (Lipinski definition) is 0. The third kappa shape index (κ3) is 6.48. The zero-order valence-corrected chi connectivity index (χ0v) is 41.9. The predicted octanol–water partition coefficient (Wildman–Crippen LogP) is 19.8. The molecule has 4 unspecified atom stereocenters. The van der Waals surface area contributed by atoms with Crippen LogP contribution in [-0.2, 0) is 10.8 Å². The molecule has 0 aliphatic heterocycles. The minimum atomic E-state index is 0.0821. The van der Waals surface area contributed by atoms with E-state index in [4.69, 9.17) is 4.42 Å². The Hall–Kier alpha value is -7.42. The van der Waals surface area contributed by atoms with Crippen molar-refractivity contribution >= 4 is 39.0 Å². The van der Waals surface area contributed by atoms with Gasteiger partial charge in [-0.1, -0.05) is 185 Å². The number of anilines is 3. The molecule has 3 saturated carbocycles. The molecule has 0 saturated heterocycles. The quantitative estimate of drug-likeness (QED) is 0.158. The highest BCUT2D eigenvalue weighted by atomic mass is 16.3. The number of benzene rings is 9.